The third-order valence-electron chi connectivity index (χ3n) is 2.63. The first-order valence-electron chi connectivity index (χ1n) is 5.68. The SMILES string of the molecule is CC(C(=O)c1ccccc1)[S+](CCO)CCO. The molecule has 1 rings (SSSR count). The van der Waals surface area contributed by atoms with Crippen molar-refractivity contribution in [3.63, 3.8) is 0 Å². The lowest BCUT2D eigenvalue weighted by Crippen LogP contribution is -2.34. The topological polar surface area (TPSA) is 57.5 Å². The van der Waals surface area contributed by atoms with Crippen LogP contribution >= 0.6 is 0 Å². The van der Waals surface area contributed by atoms with Crippen molar-refractivity contribution in [2.45, 2.75) is 12.2 Å². The molecule has 2 N–H and O–H groups in total. The highest BCUT2D eigenvalue weighted by atomic mass is 32.2. The number of aliphatic hydroxyl groups excluding tert-OH is 2. The Hall–Kier alpha value is -0.840. The number of aliphatic hydroxyl groups is 2. The van der Waals surface area contributed by atoms with Crippen LogP contribution in [0, 0.1) is 0 Å². The Bertz CT molecular complexity index is 334. The summed E-state index contributed by atoms with van der Waals surface area (Å²) in [5.74, 6) is 1.26. The zero-order chi connectivity index (χ0) is 12.7. The van der Waals surface area contributed by atoms with Gasteiger partial charge in [-0.15, -0.1) is 0 Å². The number of carbonyl (C=O) groups is 1. The maximum atomic E-state index is 12.2. The molecule has 0 aromatic heterocycles. The molecule has 17 heavy (non-hydrogen) atoms. The van der Waals surface area contributed by atoms with Crippen molar-refractivity contribution in [3.05, 3.63) is 35.9 Å². The molecule has 0 saturated carbocycles. The summed E-state index contributed by atoms with van der Waals surface area (Å²) < 4.78 is 0. The molecular weight excluding hydrogens is 236 g/mol. The number of hydrogen-bond acceptors (Lipinski definition) is 3. The summed E-state index contributed by atoms with van der Waals surface area (Å²) in [5, 5.41) is 17.8. The molecule has 0 aliphatic carbocycles. The highest BCUT2D eigenvalue weighted by molar-refractivity contribution is 7.98. The quantitative estimate of drug-likeness (QED) is 0.561. The molecule has 1 unspecified atom stereocenters. The molecule has 3 nitrogen and oxygen atoms in total. The van der Waals surface area contributed by atoms with E-state index in [1.807, 2.05) is 25.1 Å². The molecule has 0 aliphatic heterocycles. The van der Waals surface area contributed by atoms with Crippen LogP contribution in [0.5, 0.6) is 0 Å². The summed E-state index contributed by atoms with van der Waals surface area (Å²) in [6, 6.07) is 9.17. The number of rotatable bonds is 7. The lowest BCUT2D eigenvalue weighted by atomic mass is 10.1. The highest BCUT2D eigenvalue weighted by Gasteiger charge is 2.32. The molecule has 0 spiro atoms. The van der Waals surface area contributed by atoms with Crippen molar-refractivity contribution >= 4 is 16.7 Å². The maximum absolute atomic E-state index is 12.2. The van der Waals surface area contributed by atoms with E-state index >= 15 is 0 Å². The number of benzene rings is 1. The minimum atomic E-state index is -0.249. The van der Waals surface area contributed by atoms with Crippen molar-refractivity contribution in [1.29, 1.82) is 0 Å². The van der Waals surface area contributed by atoms with Gasteiger partial charge in [0.2, 0.25) is 5.78 Å². The van der Waals surface area contributed by atoms with E-state index in [1.54, 1.807) is 12.1 Å². The average Bonchev–Trinajstić information content (AvgIpc) is 2.38. The number of hydrogen-bond donors (Lipinski definition) is 2. The van der Waals surface area contributed by atoms with Crippen molar-refractivity contribution < 1.29 is 15.0 Å². The third kappa shape index (κ3) is 4.15. The van der Waals surface area contributed by atoms with E-state index in [4.69, 9.17) is 10.2 Å². The van der Waals surface area contributed by atoms with Crippen LogP contribution in [0.15, 0.2) is 30.3 Å². The molecule has 0 fully saturated rings. The summed E-state index contributed by atoms with van der Waals surface area (Å²) in [4.78, 5) is 12.2. The van der Waals surface area contributed by atoms with E-state index in [0.29, 0.717) is 17.1 Å². The van der Waals surface area contributed by atoms with E-state index in [9.17, 15) is 4.79 Å². The Labute approximate surface area is 105 Å². The minimum absolute atomic E-state index is 0.0650. The van der Waals surface area contributed by atoms with Gasteiger partial charge in [0.05, 0.1) is 13.2 Å². The van der Waals surface area contributed by atoms with Crippen LogP contribution in [0.3, 0.4) is 0 Å². The average molecular weight is 255 g/mol. The fourth-order valence-corrected chi connectivity index (χ4v) is 3.50. The van der Waals surface area contributed by atoms with Gasteiger partial charge in [-0.25, -0.2) is 0 Å². The van der Waals surface area contributed by atoms with Gasteiger partial charge in [0.1, 0.15) is 11.5 Å². The molecule has 0 bridgehead atoms. The van der Waals surface area contributed by atoms with Gasteiger partial charge < -0.3 is 10.2 Å². The molecule has 0 heterocycles. The first kappa shape index (κ1) is 14.2. The van der Waals surface area contributed by atoms with Crippen molar-refractivity contribution in [2.75, 3.05) is 24.7 Å². The van der Waals surface area contributed by atoms with Gasteiger partial charge in [0.25, 0.3) is 0 Å². The Kier molecular flexibility index (Phi) is 6.26. The smallest absolute Gasteiger partial charge is 0.214 e. The lowest BCUT2D eigenvalue weighted by molar-refractivity contribution is 0.0993. The maximum Gasteiger partial charge on any atom is 0.214 e. The molecule has 4 heteroatoms. The first-order valence-corrected chi connectivity index (χ1v) is 7.30. The van der Waals surface area contributed by atoms with Crippen LogP contribution in [-0.4, -0.2) is 46.0 Å². The predicted molar refractivity (Wildman–Crippen MR) is 71.5 cm³/mol. The summed E-state index contributed by atoms with van der Waals surface area (Å²) in [5.41, 5.74) is 0.702. The van der Waals surface area contributed by atoms with Gasteiger partial charge in [-0.05, 0) is 6.92 Å². The molecule has 0 saturated heterocycles. The monoisotopic (exact) mass is 255 g/mol. The molecular formula is C13H19O3S+. The van der Waals surface area contributed by atoms with Crippen LogP contribution < -0.4 is 0 Å². The third-order valence-corrected chi connectivity index (χ3v) is 5.26. The van der Waals surface area contributed by atoms with Crippen LogP contribution in [0.1, 0.15) is 17.3 Å². The number of carbonyl (C=O) groups excluding carboxylic acids is 1. The molecule has 0 aliphatic rings. The molecule has 1 aromatic carbocycles. The molecule has 94 valence electrons. The standard InChI is InChI=1S/C13H19O3S/c1-11(17(9-7-14)10-8-15)13(16)12-5-3-2-4-6-12/h2-6,11,14-15H,7-10H2,1H3/q+1. The van der Waals surface area contributed by atoms with Crippen LogP contribution in [0.25, 0.3) is 0 Å². The van der Waals surface area contributed by atoms with Crippen LogP contribution in [-0.2, 0) is 10.9 Å². The molecule has 0 radical (unpaired) electrons. The van der Waals surface area contributed by atoms with Gasteiger partial charge in [0.15, 0.2) is 5.25 Å². The highest BCUT2D eigenvalue weighted by Crippen LogP contribution is 2.13. The van der Waals surface area contributed by atoms with Crippen molar-refractivity contribution in [1.82, 2.24) is 0 Å². The summed E-state index contributed by atoms with van der Waals surface area (Å²) in [7, 11) is -0.249. The summed E-state index contributed by atoms with van der Waals surface area (Å²) >= 11 is 0. The van der Waals surface area contributed by atoms with Crippen molar-refractivity contribution in [2.24, 2.45) is 0 Å². The Morgan fingerprint density at radius 2 is 1.71 bits per heavy atom. The van der Waals surface area contributed by atoms with E-state index < -0.39 is 0 Å². The largest absolute Gasteiger partial charge is 0.391 e. The van der Waals surface area contributed by atoms with Crippen LogP contribution in [0.4, 0.5) is 0 Å². The zero-order valence-corrected chi connectivity index (χ0v) is 10.8. The van der Waals surface area contributed by atoms with E-state index in [0.717, 1.165) is 0 Å². The van der Waals surface area contributed by atoms with Gasteiger partial charge in [0, 0.05) is 16.5 Å². The van der Waals surface area contributed by atoms with Crippen molar-refractivity contribution in [3.8, 4) is 0 Å². The second-order valence-electron chi connectivity index (χ2n) is 3.77. The second-order valence-corrected chi connectivity index (χ2v) is 6.36. The summed E-state index contributed by atoms with van der Waals surface area (Å²) in [6.07, 6.45) is 0. The zero-order valence-electron chi connectivity index (χ0n) is 10.0. The fourth-order valence-electron chi connectivity index (χ4n) is 1.68. The lowest BCUT2D eigenvalue weighted by Gasteiger charge is -2.13. The van der Waals surface area contributed by atoms with Crippen LogP contribution in [0.2, 0.25) is 0 Å². The fraction of sp³-hybridized carbons (Fsp3) is 0.462. The van der Waals surface area contributed by atoms with Gasteiger partial charge >= 0.3 is 0 Å². The van der Waals surface area contributed by atoms with E-state index in [2.05, 4.69) is 0 Å². The molecule has 1 aromatic rings. The summed E-state index contributed by atoms with van der Waals surface area (Å²) in [6.45, 7) is 2.01. The van der Waals surface area contributed by atoms with E-state index in [-0.39, 0.29) is 35.1 Å². The predicted octanol–water partition coefficient (Wildman–Crippen LogP) is 0.861. The molecule has 0 amide bonds. The van der Waals surface area contributed by atoms with Gasteiger partial charge in [-0.2, -0.15) is 0 Å². The number of Topliss-reactive ketones (excluding diaryl/α,β-unsaturated/α-hetero) is 1. The Morgan fingerprint density at radius 3 is 2.18 bits per heavy atom. The number of ketones is 1. The van der Waals surface area contributed by atoms with Gasteiger partial charge in [-0.1, -0.05) is 30.3 Å². The Balaban J connectivity index is 2.73. The van der Waals surface area contributed by atoms with E-state index in [1.165, 1.54) is 0 Å². The molecule has 1 atom stereocenters. The van der Waals surface area contributed by atoms with Gasteiger partial charge in [-0.3, -0.25) is 4.79 Å². The minimum Gasteiger partial charge on any atom is -0.391 e. The Morgan fingerprint density at radius 1 is 1.18 bits per heavy atom. The second kappa shape index (κ2) is 7.48. The first-order chi connectivity index (χ1) is 8.20. The normalized spacial score (nSPS) is 12.7.